The molecule has 0 fully saturated rings. The molecule has 1 aromatic heterocycles. The molecule has 0 saturated carbocycles. The highest BCUT2D eigenvalue weighted by Gasteiger charge is 2.05. The van der Waals surface area contributed by atoms with Crippen molar-refractivity contribution in [1.82, 2.24) is 9.55 Å². The van der Waals surface area contributed by atoms with Crippen LogP contribution in [-0.4, -0.2) is 9.55 Å². The Hall–Kier alpha value is -1.83. The lowest BCUT2D eigenvalue weighted by Gasteiger charge is -2.04. The lowest BCUT2D eigenvalue weighted by atomic mass is 10.1. The van der Waals surface area contributed by atoms with E-state index in [1.807, 2.05) is 12.4 Å². The Labute approximate surface area is 82.2 Å². The lowest BCUT2D eigenvalue weighted by Crippen LogP contribution is -1.95. The molecule has 1 aliphatic heterocycles. The summed E-state index contributed by atoms with van der Waals surface area (Å²) < 4.78 is 2.17. The average molecular weight is 182 g/mol. The molecule has 0 spiro atoms. The van der Waals surface area contributed by atoms with E-state index in [0.29, 0.717) is 0 Å². The molecule has 1 aromatic carbocycles. The van der Waals surface area contributed by atoms with Gasteiger partial charge in [0.25, 0.3) is 0 Å². The smallest absolute Gasteiger partial charge is 0.0961 e. The highest BCUT2D eigenvalue weighted by molar-refractivity contribution is 5.85. The summed E-state index contributed by atoms with van der Waals surface area (Å²) in [6.45, 7) is 0.901. The third kappa shape index (κ3) is 1.01. The predicted molar refractivity (Wildman–Crippen MR) is 57.9 cm³/mol. The van der Waals surface area contributed by atoms with E-state index in [2.05, 4.69) is 46.0 Å². The van der Waals surface area contributed by atoms with Gasteiger partial charge in [0.05, 0.1) is 17.4 Å². The van der Waals surface area contributed by atoms with E-state index >= 15 is 0 Å². The monoisotopic (exact) mass is 182 g/mol. The minimum absolute atomic E-state index is 0.901. The number of benzene rings is 1. The molecule has 0 N–H and O–H groups in total. The first kappa shape index (κ1) is 7.56. The van der Waals surface area contributed by atoms with Crippen molar-refractivity contribution in [2.45, 2.75) is 6.54 Å². The van der Waals surface area contributed by atoms with E-state index in [1.54, 1.807) is 0 Å². The predicted octanol–water partition coefficient (Wildman–Crippen LogP) is 2.62. The molecule has 1 aliphatic rings. The van der Waals surface area contributed by atoms with Crippen LogP contribution in [0, 0.1) is 0 Å². The Morgan fingerprint density at radius 3 is 3.21 bits per heavy atom. The van der Waals surface area contributed by atoms with E-state index in [1.165, 1.54) is 11.1 Å². The highest BCUT2D eigenvalue weighted by atomic mass is 15.0. The third-order valence-corrected chi connectivity index (χ3v) is 2.49. The van der Waals surface area contributed by atoms with Crippen LogP contribution in [0.3, 0.4) is 0 Å². The van der Waals surface area contributed by atoms with Crippen LogP contribution in [0.5, 0.6) is 0 Å². The SMILES string of the molecule is C1=C\Cn2cnc3cccc(c32)/C=C/1. The number of allylic oxidation sites excluding steroid dienone is 3. The van der Waals surface area contributed by atoms with Crippen molar-refractivity contribution in [2.75, 3.05) is 0 Å². The van der Waals surface area contributed by atoms with Gasteiger partial charge in [-0.05, 0) is 6.07 Å². The number of aromatic nitrogens is 2. The van der Waals surface area contributed by atoms with Crippen molar-refractivity contribution in [2.24, 2.45) is 0 Å². The fraction of sp³-hybridized carbons (Fsp3) is 0.0833. The van der Waals surface area contributed by atoms with Gasteiger partial charge in [-0.2, -0.15) is 0 Å². The van der Waals surface area contributed by atoms with Crippen LogP contribution < -0.4 is 0 Å². The van der Waals surface area contributed by atoms with E-state index in [-0.39, 0.29) is 0 Å². The molecular weight excluding hydrogens is 172 g/mol. The molecule has 2 heterocycles. The summed E-state index contributed by atoms with van der Waals surface area (Å²) in [4.78, 5) is 4.37. The van der Waals surface area contributed by atoms with E-state index in [0.717, 1.165) is 12.1 Å². The molecule has 0 radical (unpaired) electrons. The number of imidazole rings is 1. The molecule has 2 heteroatoms. The Kier molecular flexibility index (Phi) is 1.53. The Balaban J connectivity index is 2.43. The molecule has 0 aliphatic carbocycles. The zero-order valence-electron chi connectivity index (χ0n) is 7.72. The zero-order chi connectivity index (χ0) is 9.38. The van der Waals surface area contributed by atoms with Crippen LogP contribution in [0.25, 0.3) is 17.1 Å². The van der Waals surface area contributed by atoms with Gasteiger partial charge in [-0.25, -0.2) is 4.98 Å². The van der Waals surface area contributed by atoms with Crippen LogP contribution >= 0.6 is 0 Å². The number of rotatable bonds is 0. The standard InChI is InChI=1S/C12H10N2/c1-2-5-10-6-4-7-11-12(10)14(8-3-1)9-13-11/h1-7,9H,8H2/b3-1-,5-2+. The second-order valence-electron chi connectivity index (χ2n) is 3.40. The second kappa shape index (κ2) is 2.84. The van der Waals surface area contributed by atoms with Gasteiger partial charge in [-0.15, -0.1) is 0 Å². The molecule has 0 bridgehead atoms. The first-order chi connectivity index (χ1) is 6.95. The molecular formula is C12H10N2. The molecule has 0 amide bonds. The van der Waals surface area contributed by atoms with Gasteiger partial charge < -0.3 is 4.57 Å². The largest absolute Gasteiger partial charge is 0.326 e. The fourth-order valence-corrected chi connectivity index (χ4v) is 1.84. The van der Waals surface area contributed by atoms with Gasteiger partial charge in [0.2, 0.25) is 0 Å². The van der Waals surface area contributed by atoms with Crippen molar-refractivity contribution in [3.63, 3.8) is 0 Å². The lowest BCUT2D eigenvalue weighted by molar-refractivity contribution is 0.848. The minimum atomic E-state index is 0.901. The summed E-state index contributed by atoms with van der Waals surface area (Å²) in [5, 5.41) is 0. The van der Waals surface area contributed by atoms with Crippen molar-refractivity contribution >= 4 is 17.1 Å². The Bertz CT molecular complexity index is 532. The summed E-state index contributed by atoms with van der Waals surface area (Å²) in [7, 11) is 0. The van der Waals surface area contributed by atoms with E-state index in [4.69, 9.17) is 0 Å². The van der Waals surface area contributed by atoms with Crippen molar-refractivity contribution < 1.29 is 0 Å². The molecule has 0 atom stereocenters. The quantitative estimate of drug-likeness (QED) is 0.612. The van der Waals surface area contributed by atoms with Crippen molar-refractivity contribution in [3.8, 4) is 0 Å². The van der Waals surface area contributed by atoms with Gasteiger partial charge in [0, 0.05) is 12.1 Å². The van der Waals surface area contributed by atoms with Gasteiger partial charge in [-0.1, -0.05) is 36.4 Å². The summed E-state index contributed by atoms with van der Waals surface area (Å²) in [5.74, 6) is 0. The average Bonchev–Trinajstić information content (AvgIpc) is 2.57. The normalized spacial score (nSPS) is 18.9. The molecule has 2 nitrogen and oxygen atoms in total. The highest BCUT2D eigenvalue weighted by Crippen LogP contribution is 2.20. The number of hydrogen-bond acceptors (Lipinski definition) is 1. The maximum atomic E-state index is 4.37. The fourth-order valence-electron chi connectivity index (χ4n) is 1.84. The Morgan fingerprint density at radius 1 is 1.21 bits per heavy atom. The van der Waals surface area contributed by atoms with Crippen LogP contribution in [0.15, 0.2) is 42.8 Å². The van der Waals surface area contributed by atoms with Gasteiger partial charge >= 0.3 is 0 Å². The molecule has 68 valence electrons. The van der Waals surface area contributed by atoms with Gasteiger partial charge in [0.1, 0.15) is 0 Å². The second-order valence-corrected chi connectivity index (χ2v) is 3.40. The maximum absolute atomic E-state index is 4.37. The van der Waals surface area contributed by atoms with Crippen molar-refractivity contribution in [1.29, 1.82) is 0 Å². The summed E-state index contributed by atoms with van der Waals surface area (Å²) in [6, 6.07) is 6.22. The summed E-state index contributed by atoms with van der Waals surface area (Å²) in [5.41, 5.74) is 3.54. The van der Waals surface area contributed by atoms with Gasteiger partial charge in [-0.3, -0.25) is 0 Å². The number of hydrogen-bond donors (Lipinski definition) is 0. The van der Waals surface area contributed by atoms with E-state index in [9.17, 15) is 0 Å². The molecule has 3 rings (SSSR count). The van der Waals surface area contributed by atoms with Crippen molar-refractivity contribution in [3.05, 3.63) is 48.3 Å². The molecule has 14 heavy (non-hydrogen) atoms. The summed E-state index contributed by atoms with van der Waals surface area (Å²) >= 11 is 0. The molecule has 2 aromatic rings. The third-order valence-electron chi connectivity index (χ3n) is 2.49. The van der Waals surface area contributed by atoms with Gasteiger partial charge in [0.15, 0.2) is 0 Å². The number of para-hydroxylation sites is 1. The topological polar surface area (TPSA) is 17.8 Å². The first-order valence-electron chi connectivity index (χ1n) is 4.72. The van der Waals surface area contributed by atoms with Crippen LogP contribution in [-0.2, 0) is 6.54 Å². The maximum Gasteiger partial charge on any atom is 0.0961 e. The Morgan fingerprint density at radius 2 is 2.21 bits per heavy atom. The minimum Gasteiger partial charge on any atom is -0.326 e. The van der Waals surface area contributed by atoms with Crippen LogP contribution in [0.1, 0.15) is 5.56 Å². The van der Waals surface area contributed by atoms with Crippen LogP contribution in [0.2, 0.25) is 0 Å². The number of nitrogens with zero attached hydrogens (tertiary/aromatic N) is 2. The first-order valence-corrected chi connectivity index (χ1v) is 4.72. The van der Waals surface area contributed by atoms with E-state index < -0.39 is 0 Å². The zero-order valence-corrected chi connectivity index (χ0v) is 7.72. The molecule has 0 unspecified atom stereocenters. The summed E-state index contributed by atoms with van der Waals surface area (Å²) in [6.07, 6.45) is 10.3. The molecule has 0 saturated heterocycles. The van der Waals surface area contributed by atoms with Crippen LogP contribution in [0.4, 0.5) is 0 Å².